The molecule has 0 aliphatic heterocycles. The zero-order valence-electron chi connectivity index (χ0n) is 7.35. The molecule has 2 aliphatic rings. The minimum atomic E-state index is -1.18. The third-order valence-corrected chi connectivity index (χ3v) is 3.00. The van der Waals surface area contributed by atoms with Crippen LogP contribution in [0.4, 0.5) is 0 Å². The maximum atomic E-state index is 10.1. The summed E-state index contributed by atoms with van der Waals surface area (Å²) in [6.45, 7) is 0. The van der Waals surface area contributed by atoms with Crippen LogP contribution in [0.15, 0.2) is 24.3 Å². The normalized spacial score (nSPS) is 49.0. The third kappa shape index (κ3) is 1.24. The highest BCUT2D eigenvalue weighted by molar-refractivity contribution is 5.25. The molecule has 3 nitrogen and oxygen atoms in total. The van der Waals surface area contributed by atoms with Gasteiger partial charge in [-0.15, -0.1) is 0 Å². The molecule has 0 aromatic rings. The van der Waals surface area contributed by atoms with Crippen molar-refractivity contribution < 1.29 is 15.3 Å². The monoisotopic (exact) mass is 182 g/mol. The minimum Gasteiger partial charge on any atom is -0.389 e. The van der Waals surface area contributed by atoms with Gasteiger partial charge in [0.2, 0.25) is 0 Å². The molecular weight excluding hydrogens is 168 g/mol. The Hall–Kier alpha value is -0.640. The predicted octanol–water partition coefficient (Wildman–Crippen LogP) is 0.119. The van der Waals surface area contributed by atoms with Crippen molar-refractivity contribution in [1.82, 2.24) is 0 Å². The molecule has 0 heterocycles. The van der Waals surface area contributed by atoms with Crippen molar-refractivity contribution >= 4 is 0 Å². The lowest BCUT2D eigenvalue weighted by atomic mass is 9.69. The molecule has 0 amide bonds. The van der Waals surface area contributed by atoms with Crippen molar-refractivity contribution in [2.75, 3.05) is 0 Å². The van der Waals surface area contributed by atoms with Crippen LogP contribution in [-0.4, -0.2) is 32.6 Å². The van der Waals surface area contributed by atoms with Crippen LogP contribution in [0, 0.1) is 0 Å². The van der Waals surface area contributed by atoms with E-state index in [1.54, 1.807) is 6.08 Å². The quantitative estimate of drug-likeness (QED) is 0.466. The van der Waals surface area contributed by atoms with Crippen molar-refractivity contribution in [2.24, 2.45) is 0 Å². The summed E-state index contributed by atoms with van der Waals surface area (Å²) in [5.74, 6) is 0. The van der Waals surface area contributed by atoms with Gasteiger partial charge in [0.25, 0.3) is 0 Å². The summed E-state index contributed by atoms with van der Waals surface area (Å²) in [6.07, 6.45) is 7.17. The van der Waals surface area contributed by atoms with Gasteiger partial charge in [0, 0.05) is 12.8 Å². The van der Waals surface area contributed by atoms with Crippen LogP contribution in [0.25, 0.3) is 0 Å². The molecule has 3 N–H and O–H groups in total. The molecule has 0 unspecified atom stereocenters. The molecule has 13 heavy (non-hydrogen) atoms. The van der Waals surface area contributed by atoms with Crippen LogP contribution in [0.2, 0.25) is 0 Å². The summed E-state index contributed by atoms with van der Waals surface area (Å²) in [5.41, 5.74) is -2.36. The smallest absolute Gasteiger partial charge is 0.115 e. The molecule has 3 atom stereocenters. The highest BCUT2D eigenvalue weighted by Gasteiger charge is 2.50. The summed E-state index contributed by atoms with van der Waals surface area (Å²) in [7, 11) is 0. The van der Waals surface area contributed by atoms with Crippen LogP contribution < -0.4 is 0 Å². The topological polar surface area (TPSA) is 60.7 Å². The van der Waals surface area contributed by atoms with E-state index in [2.05, 4.69) is 0 Å². The van der Waals surface area contributed by atoms with Crippen LogP contribution in [0.5, 0.6) is 0 Å². The van der Waals surface area contributed by atoms with Crippen molar-refractivity contribution in [3.8, 4) is 0 Å². The maximum Gasteiger partial charge on any atom is 0.115 e. The number of hydrogen-bond acceptors (Lipinski definition) is 3. The lowest BCUT2D eigenvalue weighted by Crippen LogP contribution is -2.57. The highest BCUT2D eigenvalue weighted by atomic mass is 16.4. The summed E-state index contributed by atoms with van der Waals surface area (Å²) < 4.78 is 0. The van der Waals surface area contributed by atoms with E-state index in [1.807, 2.05) is 12.2 Å². The molecule has 72 valence electrons. The Kier molecular flexibility index (Phi) is 1.84. The SMILES string of the molecule is O[C@H]1C=C[C@]2(O)CC=CC[C@@]2(O)C1. The molecule has 0 saturated carbocycles. The van der Waals surface area contributed by atoms with Gasteiger partial charge in [0.1, 0.15) is 11.2 Å². The molecule has 0 aromatic heterocycles. The second-order valence-electron chi connectivity index (χ2n) is 3.97. The van der Waals surface area contributed by atoms with Gasteiger partial charge in [-0.1, -0.05) is 24.3 Å². The van der Waals surface area contributed by atoms with Gasteiger partial charge in [-0.2, -0.15) is 0 Å². The largest absolute Gasteiger partial charge is 0.389 e. The summed E-state index contributed by atoms with van der Waals surface area (Å²) >= 11 is 0. The number of fused-ring (bicyclic) bond motifs is 1. The number of hydrogen-bond donors (Lipinski definition) is 3. The van der Waals surface area contributed by atoms with E-state index in [1.165, 1.54) is 6.08 Å². The zero-order chi connectivity index (χ0) is 9.53. The first-order valence-electron chi connectivity index (χ1n) is 4.53. The van der Waals surface area contributed by atoms with Crippen molar-refractivity contribution in [2.45, 2.75) is 36.6 Å². The Morgan fingerprint density at radius 1 is 1.15 bits per heavy atom. The van der Waals surface area contributed by atoms with E-state index >= 15 is 0 Å². The molecule has 0 radical (unpaired) electrons. The number of aliphatic hydroxyl groups excluding tert-OH is 1. The van der Waals surface area contributed by atoms with E-state index in [0.717, 1.165) is 0 Å². The Morgan fingerprint density at radius 2 is 1.85 bits per heavy atom. The maximum absolute atomic E-state index is 10.1. The molecule has 2 aliphatic carbocycles. The average Bonchev–Trinajstić information content (AvgIpc) is 2.07. The Morgan fingerprint density at radius 3 is 2.62 bits per heavy atom. The predicted molar refractivity (Wildman–Crippen MR) is 48.0 cm³/mol. The number of rotatable bonds is 0. The van der Waals surface area contributed by atoms with Crippen molar-refractivity contribution in [1.29, 1.82) is 0 Å². The molecule has 0 saturated heterocycles. The molecular formula is C10H14O3. The van der Waals surface area contributed by atoms with Crippen LogP contribution in [0.3, 0.4) is 0 Å². The molecule has 0 bridgehead atoms. The van der Waals surface area contributed by atoms with E-state index in [-0.39, 0.29) is 6.42 Å². The summed E-state index contributed by atoms with van der Waals surface area (Å²) in [4.78, 5) is 0. The van der Waals surface area contributed by atoms with Gasteiger partial charge < -0.3 is 15.3 Å². The zero-order valence-corrected chi connectivity index (χ0v) is 7.35. The van der Waals surface area contributed by atoms with Crippen molar-refractivity contribution in [3.05, 3.63) is 24.3 Å². The fourth-order valence-electron chi connectivity index (χ4n) is 2.08. The summed E-state index contributed by atoms with van der Waals surface area (Å²) in [6, 6.07) is 0. The molecule has 3 heteroatoms. The standard InChI is InChI=1S/C10H14O3/c11-8-3-6-9(12)4-1-2-5-10(9,13)7-8/h1-3,6,8,11-13H,4-5,7H2/t8-,9+,10+/m0/s1. The van der Waals surface area contributed by atoms with Gasteiger partial charge in [0.05, 0.1) is 6.10 Å². The lowest BCUT2D eigenvalue weighted by molar-refractivity contribution is -0.146. The molecule has 2 rings (SSSR count). The van der Waals surface area contributed by atoms with Crippen LogP contribution >= 0.6 is 0 Å². The minimum absolute atomic E-state index is 0.213. The molecule has 0 aromatic carbocycles. The van der Waals surface area contributed by atoms with E-state index in [9.17, 15) is 15.3 Å². The average molecular weight is 182 g/mol. The molecule has 0 spiro atoms. The molecule has 0 fully saturated rings. The van der Waals surface area contributed by atoms with Gasteiger partial charge in [0.15, 0.2) is 0 Å². The second-order valence-corrected chi connectivity index (χ2v) is 3.97. The van der Waals surface area contributed by atoms with Gasteiger partial charge in [-0.05, 0) is 6.42 Å². The Bertz CT molecular complexity index is 271. The first-order chi connectivity index (χ1) is 6.06. The van der Waals surface area contributed by atoms with Crippen LogP contribution in [0.1, 0.15) is 19.3 Å². The fraction of sp³-hybridized carbons (Fsp3) is 0.600. The second kappa shape index (κ2) is 2.67. The Balaban J connectivity index is 2.37. The van der Waals surface area contributed by atoms with Crippen LogP contribution in [-0.2, 0) is 0 Å². The van der Waals surface area contributed by atoms with Gasteiger partial charge in [-0.3, -0.25) is 0 Å². The highest BCUT2D eigenvalue weighted by Crippen LogP contribution is 2.41. The third-order valence-electron chi connectivity index (χ3n) is 3.00. The first kappa shape index (κ1) is 8.94. The van der Waals surface area contributed by atoms with Gasteiger partial charge in [-0.25, -0.2) is 0 Å². The summed E-state index contributed by atoms with van der Waals surface area (Å²) in [5, 5.41) is 29.5. The van der Waals surface area contributed by atoms with E-state index < -0.39 is 17.3 Å². The van der Waals surface area contributed by atoms with E-state index in [4.69, 9.17) is 0 Å². The van der Waals surface area contributed by atoms with Gasteiger partial charge >= 0.3 is 0 Å². The fourth-order valence-corrected chi connectivity index (χ4v) is 2.08. The van der Waals surface area contributed by atoms with Crippen molar-refractivity contribution in [3.63, 3.8) is 0 Å². The lowest BCUT2D eigenvalue weighted by Gasteiger charge is -2.46. The number of aliphatic hydroxyl groups is 3. The Labute approximate surface area is 77.0 Å². The van der Waals surface area contributed by atoms with E-state index in [0.29, 0.717) is 12.8 Å². The first-order valence-corrected chi connectivity index (χ1v) is 4.53.